The number of ether oxygens (including phenoxy) is 3. The van der Waals surface area contributed by atoms with E-state index < -0.39 is 42.3 Å². The van der Waals surface area contributed by atoms with Gasteiger partial charge in [0.15, 0.2) is 35.6 Å². The van der Waals surface area contributed by atoms with Crippen LogP contribution in [0.1, 0.15) is 43.0 Å². The Balaban J connectivity index is 1.32. The molecule has 1 aliphatic heterocycles. The van der Waals surface area contributed by atoms with Crippen LogP contribution in [0.4, 0.5) is 5.82 Å². The molecule has 6 rings (SSSR count). The van der Waals surface area contributed by atoms with Crippen molar-refractivity contribution in [1.29, 1.82) is 0 Å². The second kappa shape index (κ2) is 12.2. The van der Waals surface area contributed by atoms with Crippen LogP contribution in [0, 0.1) is 0 Å². The maximum Gasteiger partial charge on any atom is 0.338 e. The molecule has 0 bridgehead atoms. The Hall–Kier alpha value is -5.46. The van der Waals surface area contributed by atoms with Gasteiger partial charge in [0.1, 0.15) is 11.6 Å². The molecule has 43 heavy (non-hydrogen) atoms. The van der Waals surface area contributed by atoms with E-state index in [1.54, 1.807) is 91.0 Å². The second-order valence-electron chi connectivity index (χ2n) is 9.64. The van der Waals surface area contributed by atoms with E-state index in [2.05, 4.69) is 25.3 Å². The van der Waals surface area contributed by atoms with Gasteiger partial charge in [-0.1, -0.05) is 54.6 Å². The molecule has 1 fully saturated rings. The zero-order valence-electron chi connectivity index (χ0n) is 22.5. The van der Waals surface area contributed by atoms with Gasteiger partial charge in [-0.05, 0) is 36.4 Å². The SMILES string of the molecule is O=C(Nc1nc(C2OC[C@@H](OC(=O)c3ccccc3)[C@@H](O)[C@H]2OC(=O)c2ccccc2)nc2nc[nH]c12)c1ccccc1. The number of nitrogens with zero attached hydrogens (tertiary/aromatic N) is 3. The van der Waals surface area contributed by atoms with Gasteiger partial charge >= 0.3 is 11.9 Å². The summed E-state index contributed by atoms with van der Waals surface area (Å²) in [4.78, 5) is 54.9. The fourth-order valence-electron chi connectivity index (χ4n) is 4.62. The van der Waals surface area contributed by atoms with Crippen molar-refractivity contribution in [2.45, 2.75) is 24.4 Å². The standard InChI is InChI=1S/C31H25N5O7/c37-23-21(42-30(39)19-12-6-2-7-13-19)16-41-25(24(23)43-31(40)20-14-8-3-9-15-20)28-34-26-22(32-17-33-26)27(35-28)36-29(38)18-10-4-1-5-11-18/h1-15,17,21,23-25,37H,16H2,(H2,32,33,34,35,36,38)/t21-,23-,24-,25?/m1/s1. The average molecular weight is 580 g/mol. The van der Waals surface area contributed by atoms with Crippen LogP contribution in [0.5, 0.6) is 0 Å². The predicted molar refractivity (Wildman–Crippen MR) is 152 cm³/mol. The Morgan fingerprint density at radius 1 is 0.814 bits per heavy atom. The third-order valence-electron chi connectivity index (χ3n) is 6.80. The van der Waals surface area contributed by atoms with Gasteiger partial charge in [0.2, 0.25) is 0 Å². The zero-order valence-corrected chi connectivity index (χ0v) is 22.5. The van der Waals surface area contributed by atoms with Crippen LogP contribution in [-0.4, -0.2) is 67.8 Å². The Labute approximate surface area is 244 Å². The fourth-order valence-corrected chi connectivity index (χ4v) is 4.62. The molecule has 3 N–H and O–H groups in total. The normalized spacial score (nSPS) is 19.8. The molecule has 12 nitrogen and oxygen atoms in total. The number of carbonyl (C=O) groups is 3. The molecule has 0 aliphatic carbocycles. The number of benzene rings is 3. The van der Waals surface area contributed by atoms with E-state index in [4.69, 9.17) is 14.2 Å². The first-order chi connectivity index (χ1) is 21.0. The number of rotatable bonds is 7. The van der Waals surface area contributed by atoms with Crippen LogP contribution < -0.4 is 5.32 Å². The number of aliphatic hydroxyl groups is 1. The molecule has 1 unspecified atom stereocenters. The van der Waals surface area contributed by atoms with Crippen molar-refractivity contribution in [3.63, 3.8) is 0 Å². The van der Waals surface area contributed by atoms with E-state index in [-0.39, 0.29) is 35.0 Å². The number of H-pyrrole nitrogens is 1. The van der Waals surface area contributed by atoms with Crippen molar-refractivity contribution in [2.24, 2.45) is 0 Å². The largest absolute Gasteiger partial charge is 0.453 e. The minimum atomic E-state index is -1.51. The first-order valence-corrected chi connectivity index (χ1v) is 13.4. The van der Waals surface area contributed by atoms with Gasteiger partial charge in [-0.25, -0.2) is 24.5 Å². The van der Waals surface area contributed by atoms with Crippen LogP contribution in [0.25, 0.3) is 11.2 Å². The summed E-state index contributed by atoms with van der Waals surface area (Å²) in [5.41, 5.74) is 1.48. The van der Waals surface area contributed by atoms with Gasteiger partial charge < -0.3 is 29.6 Å². The number of aromatic amines is 1. The first kappa shape index (κ1) is 27.7. The highest BCUT2D eigenvalue weighted by Gasteiger charge is 2.46. The molecule has 3 aromatic carbocycles. The van der Waals surface area contributed by atoms with Gasteiger partial charge in [-0.15, -0.1) is 0 Å². The Bertz CT molecular complexity index is 1750. The molecule has 216 valence electrons. The lowest BCUT2D eigenvalue weighted by molar-refractivity contribution is -0.193. The number of hydrogen-bond donors (Lipinski definition) is 3. The maximum absolute atomic E-state index is 13.1. The number of fused-ring (bicyclic) bond motifs is 1. The number of hydrogen-bond acceptors (Lipinski definition) is 10. The predicted octanol–water partition coefficient (Wildman–Crippen LogP) is 3.49. The van der Waals surface area contributed by atoms with Crippen LogP contribution >= 0.6 is 0 Å². The molecule has 5 aromatic rings. The molecule has 1 aliphatic rings. The van der Waals surface area contributed by atoms with Crippen molar-refractivity contribution in [1.82, 2.24) is 19.9 Å². The summed E-state index contributed by atoms with van der Waals surface area (Å²) in [6, 6.07) is 25.0. The van der Waals surface area contributed by atoms with E-state index in [9.17, 15) is 19.5 Å². The van der Waals surface area contributed by atoms with Gasteiger partial charge in [-0.2, -0.15) is 0 Å². The zero-order chi connectivity index (χ0) is 29.8. The lowest BCUT2D eigenvalue weighted by atomic mass is 9.98. The summed E-state index contributed by atoms with van der Waals surface area (Å²) in [6.45, 7) is -0.253. The summed E-state index contributed by atoms with van der Waals surface area (Å²) < 4.78 is 17.3. The highest BCUT2D eigenvalue weighted by atomic mass is 16.6. The van der Waals surface area contributed by atoms with E-state index in [0.717, 1.165) is 0 Å². The highest BCUT2D eigenvalue weighted by molar-refractivity contribution is 6.06. The number of carbonyl (C=O) groups excluding carboxylic acids is 3. The van der Waals surface area contributed by atoms with Crippen LogP contribution in [-0.2, 0) is 14.2 Å². The molecule has 0 saturated carbocycles. The van der Waals surface area contributed by atoms with Crippen LogP contribution in [0.3, 0.4) is 0 Å². The second-order valence-corrected chi connectivity index (χ2v) is 9.64. The fraction of sp³-hybridized carbons (Fsp3) is 0.161. The quantitative estimate of drug-likeness (QED) is 0.243. The van der Waals surface area contributed by atoms with Gasteiger partial charge in [0.05, 0.1) is 24.1 Å². The average Bonchev–Trinajstić information content (AvgIpc) is 3.53. The third kappa shape index (κ3) is 5.96. The smallest absolute Gasteiger partial charge is 0.338 e. The monoisotopic (exact) mass is 579 g/mol. The Morgan fingerprint density at radius 3 is 2.02 bits per heavy atom. The molecular weight excluding hydrogens is 554 g/mol. The van der Waals surface area contributed by atoms with Gasteiger partial charge in [0.25, 0.3) is 5.91 Å². The highest BCUT2D eigenvalue weighted by Crippen LogP contribution is 2.33. The van der Waals surface area contributed by atoms with E-state index in [1.807, 2.05) is 0 Å². The number of aromatic nitrogens is 4. The molecule has 3 heterocycles. The molecular formula is C31H25N5O7. The number of imidazole rings is 1. The summed E-state index contributed by atoms with van der Waals surface area (Å²) in [6.07, 6.45) is -3.90. The third-order valence-corrected chi connectivity index (χ3v) is 6.80. The molecule has 4 atom stereocenters. The molecule has 1 amide bonds. The molecule has 1 saturated heterocycles. The van der Waals surface area contributed by atoms with Gasteiger partial charge in [0, 0.05) is 5.56 Å². The van der Waals surface area contributed by atoms with Crippen LogP contribution in [0.2, 0.25) is 0 Å². The Morgan fingerprint density at radius 2 is 1.40 bits per heavy atom. The first-order valence-electron chi connectivity index (χ1n) is 13.4. The topological polar surface area (TPSA) is 166 Å². The van der Waals surface area contributed by atoms with Gasteiger partial charge in [-0.3, -0.25) is 4.79 Å². The molecule has 0 spiro atoms. The van der Waals surface area contributed by atoms with Crippen molar-refractivity contribution >= 4 is 34.8 Å². The molecule has 12 heteroatoms. The summed E-state index contributed by atoms with van der Waals surface area (Å²) in [7, 11) is 0. The minimum absolute atomic E-state index is 0.0132. The van der Waals surface area contributed by atoms with E-state index in [0.29, 0.717) is 11.1 Å². The number of amides is 1. The summed E-state index contributed by atoms with van der Waals surface area (Å²) in [5.74, 6) is -1.76. The Kier molecular flexibility index (Phi) is 7.85. The van der Waals surface area contributed by atoms with Crippen molar-refractivity contribution in [2.75, 3.05) is 11.9 Å². The lowest BCUT2D eigenvalue weighted by Crippen LogP contribution is -2.53. The number of anilines is 1. The van der Waals surface area contributed by atoms with Crippen molar-refractivity contribution < 1.29 is 33.7 Å². The number of nitrogens with one attached hydrogen (secondary N) is 2. The maximum atomic E-state index is 13.1. The minimum Gasteiger partial charge on any atom is -0.453 e. The molecule has 2 aromatic heterocycles. The number of esters is 2. The van der Waals surface area contributed by atoms with Crippen molar-refractivity contribution in [3.05, 3.63) is 120 Å². The lowest BCUT2D eigenvalue weighted by Gasteiger charge is -2.38. The molecule has 0 radical (unpaired) electrons. The number of aliphatic hydroxyl groups excluding tert-OH is 1. The summed E-state index contributed by atoms with van der Waals surface area (Å²) >= 11 is 0. The van der Waals surface area contributed by atoms with E-state index >= 15 is 0 Å². The summed E-state index contributed by atoms with van der Waals surface area (Å²) in [5, 5.41) is 14.2. The van der Waals surface area contributed by atoms with Crippen LogP contribution in [0.15, 0.2) is 97.3 Å². The van der Waals surface area contributed by atoms with E-state index in [1.165, 1.54) is 6.33 Å². The van der Waals surface area contributed by atoms with Crippen molar-refractivity contribution in [3.8, 4) is 0 Å².